The van der Waals surface area contributed by atoms with Crippen LogP contribution in [0.3, 0.4) is 0 Å². The predicted octanol–water partition coefficient (Wildman–Crippen LogP) is 1.59. The summed E-state index contributed by atoms with van der Waals surface area (Å²) in [4.78, 5) is 11.7. The molecule has 1 aromatic rings. The molecule has 0 saturated heterocycles. The molecular formula is C11H14NO2-. The molecule has 0 N–H and O–H groups in total. The van der Waals surface area contributed by atoms with Gasteiger partial charge in [-0.3, -0.25) is 0 Å². The van der Waals surface area contributed by atoms with Crippen molar-refractivity contribution in [1.29, 1.82) is 0 Å². The van der Waals surface area contributed by atoms with Gasteiger partial charge in [-0.15, -0.1) is 0 Å². The summed E-state index contributed by atoms with van der Waals surface area (Å²) in [7, 11) is 1.48. The summed E-state index contributed by atoms with van der Waals surface area (Å²) in [5.74, 6) is 0.394. The Hall–Kier alpha value is -1.51. The van der Waals surface area contributed by atoms with Gasteiger partial charge in [0.25, 0.3) is 0 Å². The van der Waals surface area contributed by atoms with Crippen LogP contribution in [0.25, 0.3) is 0 Å². The Labute approximate surface area is 84.0 Å². The fourth-order valence-electron chi connectivity index (χ4n) is 1.20. The Balaban J connectivity index is 2.99. The van der Waals surface area contributed by atoms with E-state index in [-0.39, 0.29) is 0 Å². The fourth-order valence-corrected chi connectivity index (χ4v) is 1.20. The minimum atomic E-state index is -1.19. The maximum absolute atomic E-state index is 10.6. The summed E-state index contributed by atoms with van der Waals surface area (Å²) in [5.41, 5.74) is 1.77. The molecule has 0 saturated carbocycles. The second kappa shape index (κ2) is 4.13. The summed E-state index contributed by atoms with van der Waals surface area (Å²) in [6, 6.07) is 7.45. The molecule has 0 spiro atoms. The average molecular weight is 192 g/mol. The van der Waals surface area contributed by atoms with Crippen molar-refractivity contribution in [1.82, 2.24) is 0 Å². The zero-order valence-corrected chi connectivity index (χ0v) is 8.65. The molecule has 0 aromatic heterocycles. The number of nitrogens with zero attached hydrogens (tertiary/aromatic N) is 1. The molecule has 3 nitrogen and oxygen atoms in total. The van der Waals surface area contributed by atoms with Gasteiger partial charge < -0.3 is 14.8 Å². The number of rotatable bonds is 2. The third-order valence-electron chi connectivity index (χ3n) is 2.20. The number of hydrogen-bond donors (Lipinski definition) is 0. The lowest BCUT2D eigenvalue weighted by Gasteiger charge is -2.20. The number of carbonyl (C=O) groups excluding carboxylic acids is 1. The zero-order chi connectivity index (χ0) is 10.7. The van der Waals surface area contributed by atoms with Crippen LogP contribution in [0.1, 0.15) is 25.3 Å². The highest BCUT2D eigenvalue weighted by molar-refractivity contribution is 5.83. The largest absolute Gasteiger partial charge is 0.530 e. The Morgan fingerprint density at radius 3 is 2.57 bits per heavy atom. The van der Waals surface area contributed by atoms with Crippen LogP contribution in [0.15, 0.2) is 24.3 Å². The molecule has 0 unspecified atom stereocenters. The van der Waals surface area contributed by atoms with Crippen molar-refractivity contribution < 1.29 is 9.90 Å². The van der Waals surface area contributed by atoms with Gasteiger partial charge in [-0.1, -0.05) is 26.0 Å². The number of anilines is 1. The third kappa shape index (κ3) is 2.25. The Morgan fingerprint density at radius 2 is 2.07 bits per heavy atom. The molecule has 1 aromatic carbocycles. The van der Waals surface area contributed by atoms with Gasteiger partial charge in [0.1, 0.15) is 6.09 Å². The summed E-state index contributed by atoms with van der Waals surface area (Å²) >= 11 is 0. The number of hydrogen-bond acceptors (Lipinski definition) is 2. The first-order valence-corrected chi connectivity index (χ1v) is 4.57. The van der Waals surface area contributed by atoms with Gasteiger partial charge in [0.2, 0.25) is 0 Å². The summed E-state index contributed by atoms with van der Waals surface area (Å²) in [5, 5.41) is 10.6. The van der Waals surface area contributed by atoms with E-state index >= 15 is 0 Å². The summed E-state index contributed by atoms with van der Waals surface area (Å²) < 4.78 is 0. The summed E-state index contributed by atoms with van der Waals surface area (Å²) in [6.45, 7) is 4.14. The minimum absolute atomic E-state index is 0.394. The smallest absolute Gasteiger partial charge is 0.141 e. The van der Waals surface area contributed by atoms with Crippen molar-refractivity contribution in [3.63, 3.8) is 0 Å². The normalized spacial score (nSPS) is 10.3. The minimum Gasteiger partial charge on any atom is -0.530 e. The number of benzene rings is 1. The van der Waals surface area contributed by atoms with Crippen LogP contribution in [0.5, 0.6) is 0 Å². The van der Waals surface area contributed by atoms with E-state index in [0.29, 0.717) is 11.6 Å². The van der Waals surface area contributed by atoms with E-state index in [4.69, 9.17) is 0 Å². The number of carbonyl (C=O) groups is 1. The van der Waals surface area contributed by atoms with Crippen molar-refractivity contribution in [3.05, 3.63) is 29.8 Å². The van der Waals surface area contributed by atoms with Gasteiger partial charge in [0.05, 0.1) is 0 Å². The average Bonchev–Trinajstić information content (AvgIpc) is 2.16. The first-order chi connectivity index (χ1) is 6.52. The van der Waals surface area contributed by atoms with E-state index in [9.17, 15) is 9.90 Å². The van der Waals surface area contributed by atoms with Gasteiger partial charge in [-0.05, 0) is 23.6 Å². The predicted molar refractivity (Wildman–Crippen MR) is 54.3 cm³/mol. The molecule has 0 aliphatic heterocycles. The van der Waals surface area contributed by atoms with Crippen LogP contribution in [-0.2, 0) is 0 Å². The number of amides is 1. The lowest BCUT2D eigenvalue weighted by Crippen LogP contribution is -2.38. The quantitative estimate of drug-likeness (QED) is 0.714. The van der Waals surface area contributed by atoms with E-state index in [0.717, 1.165) is 10.5 Å². The van der Waals surface area contributed by atoms with Crippen molar-refractivity contribution >= 4 is 11.8 Å². The van der Waals surface area contributed by atoms with Gasteiger partial charge in [0, 0.05) is 12.7 Å². The molecule has 0 aliphatic carbocycles. The molecule has 0 radical (unpaired) electrons. The molecule has 3 heteroatoms. The van der Waals surface area contributed by atoms with E-state index < -0.39 is 6.09 Å². The molecule has 0 atom stereocenters. The van der Waals surface area contributed by atoms with Gasteiger partial charge in [-0.2, -0.15) is 0 Å². The maximum atomic E-state index is 10.6. The van der Waals surface area contributed by atoms with Crippen molar-refractivity contribution in [2.24, 2.45) is 0 Å². The van der Waals surface area contributed by atoms with E-state index in [2.05, 4.69) is 13.8 Å². The van der Waals surface area contributed by atoms with E-state index in [1.807, 2.05) is 18.2 Å². The highest BCUT2D eigenvalue weighted by atomic mass is 16.4. The van der Waals surface area contributed by atoms with Crippen molar-refractivity contribution in [2.75, 3.05) is 11.9 Å². The molecule has 0 bridgehead atoms. The molecule has 76 valence electrons. The van der Waals surface area contributed by atoms with Crippen LogP contribution in [0, 0.1) is 0 Å². The fraction of sp³-hybridized carbons (Fsp3) is 0.364. The maximum Gasteiger partial charge on any atom is 0.141 e. The van der Waals surface area contributed by atoms with Crippen LogP contribution < -0.4 is 10.0 Å². The van der Waals surface area contributed by atoms with Gasteiger partial charge in [0.15, 0.2) is 0 Å². The first-order valence-electron chi connectivity index (χ1n) is 4.57. The summed E-state index contributed by atoms with van der Waals surface area (Å²) in [6.07, 6.45) is -1.19. The van der Waals surface area contributed by atoms with Crippen LogP contribution in [0.4, 0.5) is 10.5 Å². The Kier molecular flexibility index (Phi) is 3.12. The molecule has 0 heterocycles. The molecular weight excluding hydrogens is 178 g/mol. The molecule has 14 heavy (non-hydrogen) atoms. The third-order valence-corrected chi connectivity index (χ3v) is 2.20. The van der Waals surface area contributed by atoms with Crippen molar-refractivity contribution in [3.8, 4) is 0 Å². The van der Waals surface area contributed by atoms with Gasteiger partial charge >= 0.3 is 0 Å². The molecule has 0 fully saturated rings. The standard InChI is InChI=1S/C11H15NO2/c1-8(2)9-5-4-6-10(7-9)12(3)11(13)14/h4-8H,1-3H3,(H,13,14)/p-1. The zero-order valence-electron chi connectivity index (χ0n) is 8.65. The molecule has 1 rings (SSSR count). The number of carboxylic acid groups (broad SMARTS) is 1. The van der Waals surface area contributed by atoms with E-state index in [1.165, 1.54) is 7.05 Å². The Morgan fingerprint density at radius 1 is 1.43 bits per heavy atom. The van der Waals surface area contributed by atoms with Crippen LogP contribution >= 0.6 is 0 Å². The second-order valence-corrected chi connectivity index (χ2v) is 3.57. The van der Waals surface area contributed by atoms with Crippen LogP contribution in [-0.4, -0.2) is 13.1 Å². The Bertz CT molecular complexity index is 334. The lowest BCUT2D eigenvalue weighted by atomic mass is 10.0. The molecule has 1 amide bonds. The second-order valence-electron chi connectivity index (χ2n) is 3.57. The van der Waals surface area contributed by atoms with Gasteiger partial charge in [-0.25, -0.2) is 0 Å². The lowest BCUT2D eigenvalue weighted by molar-refractivity contribution is -0.246. The van der Waals surface area contributed by atoms with Crippen LogP contribution in [0.2, 0.25) is 0 Å². The highest BCUT2D eigenvalue weighted by Crippen LogP contribution is 2.20. The van der Waals surface area contributed by atoms with E-state index in [1.54, 1.807) is 6.07 Å². The SMILES string of the molecule is CC(C)c1cccc(N(C)C(=O)[O-])c1. The highest BCUT2D eigenvalue weighted by Gasteiger charge is 2.04. The monoisotopic (exact) mass is 192 g/mol. The first kappa shape index (κ1) is 10.6. The topological polar surface area (TPSA) is 43.4 Å². The van der Waals surface area contributed by atoms with Crippen molar-refractivity contribution in [2.45, 2.75) is 19.8 Å². The molecule has 0 aliphatic rings.